The van der Waals surface area contributed by atoms with Crippen LogP contribution in [0, 0.1) is 3.57 Å². The molecule has 0 amide bonds. The van der Waals surface area contributed by atoms with E-state index in [1.54, 1.807) is 0 Å². The Morgan fingerprint density at radius 2 is 1.35 bits per heavy atom. The summed E-state index contributed by atoms with van der Waals surface area (Å²) in [6.45, 7) is 3.01. The van der Waals surface area contributed by atoms with Gasteiger partial charge in [-0.25, -0.2) is 0 Å². The average Bonchev–Trinajstić information content (AvgIpc) is 2.58. The first-order chi connectivity index (χ1) is 11.3. The summed E-state index contributed by atoms with van der Waals surface area (Å²) in [5, 5.41) is 8.48. The quantitative estimate of drug-likeness (QED) is 0.242. The van der Waals surface area contributed by atoms with Gasteiger partial charge in [0.25, 0.3) is 0 Å². The Balaban J connectivity index is 1.76. The van der Waals surface area contributed by atoms with Gasteiger partial charge in [-0.05, 0) is 77.5 Å². The van der Waals surface area contributed by atoms with Crippen LogP contribution in [0.15, 0.2) is 58.8 Å². The van der Waals surface area contributed by atoms with Crippen LogP contribution in [-0.4, -0.2) is 6.61 Å². The van der Waals surface area contributed by atoms with Crippen molar-refractivity contribution in [3.63, 3.8) is 0 Å². The molecule has 0 fully saturated rings. The van der Waals surface area contributed by atoms with Crippen LogP contribution in [0.25, 0.3) is 0 Å². The molecule has 4 heteroatoms. The Morgan fingerprint density at radius 1 is 0.783 bits per heavy atom. The van der Waals surface area contributed by atoms with E-state index in [-0.39, 0.29) is 0 Å². The maximum absolute atomic E-state index is 5.74. The first-order valence-electron chi connectivity index (χ1n) is 8.18. The molecular weight excluding hydrogens is 399 g/mol. The highest BCUT2D eigenvalue weighted by atomic mass is 127. The van der Waals surface area contributed by atoms with Crippen LogP contribution in [0.1, 0.15) is 39.0 Å². The van der Waals surface area contributed by atoms with Crippen LogP contribution in [0.2, 0.25) is 0 Å². The fourth-order valence-corrected chi connectivity index (χ4v) is 2.49. The smallest absolute Gasteiger partial charge is 0.119 e. The van der Waals surface area contributed by atoms with E-state index in [2.05, 4.69) is 39.7 Å². The van der Waals surface area contributed by atoms with E-state index in [0.717, 1.165) is 30.2 Å². The van der Waals surface area contributed by atoms with E-state index < -0.39 is 0 Å². The monoisotopic (exact) mass is 422 g/mol. The van der Waals surface area contributed by atoms with Gasteiger partial charge in [0.2, 0.25) is 0 Å². The number of nitrogens with zero attached hydrogens (tertiary/aromatic N) is 2. The zero-order chi connectivity index (χ0) is 16.3. The summed E-state index contributed by atoms with van der Waals surface area (Å²) in [6.07, 6.45) is 6.27. The van der Waals surface area contributed by atoms with Crippen LogP contribution in [0.4, 0.5) is 11.4 Å². The molecule has 0 saturated heterocycles. The molecule has 0 aliphatic heterocycles. The van der Waals surface area contributed by atoms with E-state index in [9.17, 15) is 0 Å². The van der Waals surface area contributed by atoms with Crippen molar-refractivity contribution in [2.24, 2.45) is 10.2 Å². The number of benzene rings is 2. The zero-order valence-electron chi connectivity index (χ0n) is 13.5. The normalized spacial score (nSPS) is 11.0. The molecule has 0 unspecified atom stereocenters. The highest BCUT2D eigenvalue weighted by molar-refractivity contribution is 14.1. The number of azo groups is 1. The minimum atomic E-state index is 0.785. The van der Waals surface area contributed by atoms with Gasteiger partial charge < -0.3 is 4.74 Å². The molecule has 0 spiro atoms. The molecule has 0 aliphatic carbocycles. The van der Waals surface area contributed by atoms with Crippen molar-refractivity contribution in [3.05, 3.63) is 52.1 Å². The first kappa shape index (κ1) is 17.9. The van der Waals surface area contributed by atoms with Gasteiger partial charge in [-0.2, -0.15) is 10.2 Å². The van der Waals surface area contributed by atoms with Gasteiger partial charge in [0.05, 0.1) is 18.0 Å². The van der Waals surface area contributed by atoms with E-state index in [4.69, 9.17) is 4.74 Å². The Labute approximate surface area is 152 Å². The van der Waals surface area contributed by atoms with Gasteiger partial charge >= 0.3 is 0 Å². The van der Waals surface area contributed by atoms with Crippen molar-refractivity contribution < 1.29 is 4.74 Å². The molecule has 2 aromatic carbocycles. The van der Waals surface area contributed by atoms with Crippen LogP contribution in [0.5, 0.6) is 5.75 Å². The van der Waals surface area contributed by atoms with E-state index in [1.807, 2.05) is 48.5 Å². The second kappa shape index (κ2) is 10.4. The van der Waals surface area contributed by atoms with Crippen LogP contribution >= 0.6 is 22.6 Å². The van der Waals surface area contributed by atoms with Crippen LogP contribution in [0.3, 0.4) is 0 Å². The topological polar surface area (TPSA) is 34.0 Å². The Morgan fingerprint density at radius 3 is 1.96 bits per heavy atom. The van der Waals surface area contributed by atoms with Crippen molar-refractivity contribution >= 4 is 34.0 Å². The van der Waals surface area contributed by atoms with Crippen molar-refractivity contribution in [2.45, 2.75) is 39.0 Å². The third-order valence-electron chi connectivity index (χ3n) is 3.46. The van der Waals surface area contributed by atoms with Gasteiger partial charge in [0.1, 0.15) is 5.75 Å². The Hall–Kier alpha value is -1.43. The molecule has 0 saturated carbocycles. The molecule has 2 aromatic rings. The molecule has 0 radical (unpaired) electrons. The highest BCUT2D eigenvalue weighted by Gasteiger charge is 1.96. The predicted octanol–water partition coefficient (Wildman–Crippen LogP) is 7.06. The minimum absolute atomic E-state index is 0.785. The van der Waals surface area contributed by atoms with Crippen molar-refractivity contribution in [3.8, 4) is 5.75 Å². The molecule has 0 aliphatic rings. The average molecular weight is 422 g/mol. The summed E-state index contributed by atoms with van der Waals surface area (Å²) >= 11 is 2.27. The molecular formula is C19H23IN2O. The summed E-state index contributed by atoms with van der Waals surface area (Å²) < 4.78 is 6.94. The van der Waals surface area contributed by atoms with Gasteiger partial charge in [-0.3, -0.25) is 0 Å². The van der Waals surface area contributed by atoms with Gasteiger partial charge in [-0.15, -0.1) is 0 Å². The van der Waals surface area contributed by atoms with Crippen molar-refractivity contribution in [1.29, 1.82) is 0 Å². The summed E-state index contributed by atoms with van der Waals surface area (Å²) in [6, 6.07) is 15.7. The minimum Gasteiger partial charge on any atom is -0.494 e. The molecule has 2 rings (SSSR count). The molecule has 0 N–H and O–H groups in total. The van der Waals surface area contributed by atoms with E-state index >= 15 is 0 Å². The number of hydrogen-bond donors (Lipinski definition) is 0. The molecule has 3 nitrogen and oxygen atoms in total. The fourth-order valence-electron chi connectivity index (χ4n) is 2.13. The summed E-state index contributed by atoms with van der Waals surface area (Å²) in [4.78, 5) is 0. The largest absolute Gasteiger partial charge is 0.494 e. The maximum Gasteiger partial charge on any atom is 0.119 e. The lowest BCUT2D eigenvalue weighted by Gasteiger charge is -2.05. The molecule has 0 bridgehead atoms. The van der Waals surface area contributed by atoms with E-state index in [0.29, 0.717) is 0 Å². The number of halogens is 1. The van der Waals surface area contributed by atoms with Crippen molar-refractivity contribution in [2.75, 3.05) is 6.61 Å². The SMILES string of the molecule is CCCCCCCOc1ccc(N=Nc2ccc(I)cc2)cc1. The predicted molar refractivity (Wildman–Crippen MR) is 104 cm³/mol. The Kier molecular flexibility index (Phi) is 8.07. The number of rotatable bonds is 9. The Bertz CT molecular complexity index is 594. The van der Waals surface area contributed by atoms with Gasteiger partial charge in [0, 0.05) is 3.57 Å². The fraction of sp³-hybridized carbons (Fsp3) is 0.368. The summed E-state index contributed by atoms with van der Waals surface area (Å²) in [5.74, 6) is 0.897. The maximum atomic E-state index is 5.74. The van der Waals surface area contributed by atoms with Gasteiger partial charge in [-0.1, -0.05) is 32.6 Å². The highest BCUT2D eigenvalue weighted by Crippen LogP contribution is 2.22. The third-order valence-corrected chi connectivity index (χ3v) is 4.18. The molecule has 23 heavy (non-hydrogen) atoms. The van der Waals surface area contributed by atoms with E-state index in [1.165, 1.54) is 29.3 Å². The van der Waals surface area contributed by atoms with Crippen LogP contribution in [-0.2, 0) is 0 Å². The lowest BCUT2D eigenvalue weighted by atomic mass is 10.2. The number of unbranched alkanes of at least 4 members (excludes halogenated alkanes) is 4. The molecule has 0 heterocycles. The lowest BCUT2D eigenvalue weighted by molar-refractivity contribution is 0.304. The van der Waals surface area contributed by atoms with Gasteiger partial charge in [0.15, 0.2) is 0 Å². The molecule has 122 valence electrons. The summed E-state index contributed by atoms with van der Waals surface area (Å²) in [5.41, 5.74) is 1.69. The molecule has 0 atom stereocenters. The molecule has 0 aromatic heterocycles. The lowest BCUT2D eigenvalue weighted by Crippen LogP contribution is -1.96. The first-order valence-corrected chi connectivity index (χ1v) is 9.26. The zero-order valence-corrected chi connectivity index (χ0v) is 15.7. The number of hydrogen-bond acceptors (Lipinski definition) is 3. The van der Waals surface area contributed by atoms with Crippen molar-refractivity contribution in [1.82, 2.24) is 0 Å². The standard InChI is InChI=1S/C19H23IN2O/c1-2-3-4-5-6-15-23-19-13-11-18(12-14-19)22-21-17-9-7-16(20)8-10-17/h7-14H,2-6,15H2,1H3. The number of ether oxygens (including phenoxy) is 1. The second-order valence-corrected chi connectivity index (χ2v) is 6.68. The van der Waals surface area contributed by atoms with Crippen LogP contribution < -0.4 is 4.74 Å². The third kappa shape index (κ3) is 7.12. The summed E-state index contributed by atoms with van der Waals surface area (Å²) in [7, 11) is 0. The second-order valence-electron chi connectivity index (χ2n) is 5.43.